The Morgan fingerprint density at radius 3 is 2.38 bits per heavy atom. The summed E-state index contributed by atoms with van der Waals surface area (Å²) in [5, 5.41) is 3.93. The van der Waals surface area contributed by atoms with Crippen LogP contribution in [0.1, 0.15) is 5.69 Å². The third kappa shape index (κ3) is 1.91. The van der Waals surface area contributed by atoms with Crippen molar-refractivity contribution in [2.75, 3.05) is 0 Å². The van der Waals surface area contributed by atoms with Gasteiger partial charge in [-0.3, -0.25) is 9.67 Å². The highest BCUT2D eigenvalue weighted by Crippen LogP contribution is 2.28. The second kappa shape index (κ2) is 3.62. The Labute approximate surface area is 89.5 Å². The largest absolute Gasteiger partial charge is 0.433 e. The maximum Gasteiger partial charge on any atom is 0.433 e. The molecule has 0 atom stereocenters. The molecule has 0 aliphatic rings. The van der Waals surface area contributed by atoms with Gasteiger partial charge in [-0.25, -0.2) is 0 Å². The maximum absolute atomic E-state index is 12.3. The van der Waals surface area contributed by atoms with Gasteiger partial charge in [0, 0.05) is 25.0 Å². The molecule has 0 fully saturated rings. The monoisotopic (exact) mass is 227 g/mol. The molecule has 2 aromatic heterocycles. The first kappa shape index (κ1) is 10.7. The molecule has 0 aromatic carbocycles. The van der Waals surface area contributed by atoms with E-state index in [1.807, 2.05) is 0 Å². The topological polar surface area (TPSA) is 30.7 Å². The summed E-state index contributed by atoms with van der Waals surface area (Å²) in [4.78, 5) is 3.38. The number of pyridine rings is 1. The molecule has 0 spiro atoms. The smallest absolute Gasteiger partial charge is 0.268 e. The molecular weight excluding hydrogens is 219 g/mol. The first-order valence-electron chi connectivity index (χ1n) is 4.50. The predicted octanol–water partition coefficient (Wildman–Crippen LogP) is 2.50. The summed E-state index contributed by atoms with van der Waals surface area (Å²) in [6.45, 7) is 0. The van der Waals surface area contributed by atoms with Crippen LogP contribution in [0, 0.1) is 0 Å². The van der Waals surface area contributed by atoms with Crippen LogP contribution in [0.25, 0.3) is 11.3 Å². The van der Waals surface area contributed by atoms with E-state index in [4.69, 9.17) is 0 Å². The number of nitrogens with zero attached hydrogens (tertiary/aromatic N) is 3. The molecule has 6 heteroatoms. The molecule has 0 radical (unpaired) electrons. The van der Waals surface area contributed by atoms with E-state index in [9.17, 15) is 13.2 Å². The third-order valence-electron chi connectivity index (χ3n) is 2.17. The first-order valence-corrected chi connectivity index (χ1v) is 4.50. The van der Waals surface area contributed by atoms with Gasteiger partial charge in [0.1, 0.15) is 5.69 Å². The van der Waals surface area contributed by atoms with Gasteiger partial charge >= 0.3 is 6.18 Å². The summed E-state index contributed by atoms with van der Waals surface area (Å²) >= 11 is 0. The highest BCUT2D eigenvalue weighted by Gasteiger charge is 2.32. The van der Waals surface area contributed by atoms with Crippen LogP contribution in [-0.2, 0) is 13.2 Å². The number of hydrogen-bond donors (Lipinski definition) is 0. The van der Waals surface area contributed by atoms with Crippen molar-refractivity contribution in [1.82, 2.24) is 14.8 Å². The average molecular weight is 227 g/mol. The van der Waals surface area contributed by atoms with Crippen LogP contribution in [0.5, 0.6) is 0 Å². The second-order valence-electron chi connectivity index (χ2n) is 3.27. The summed E-state index contributed by atoms with van der Waals surface area (Å²) in [6.07, 6.45) is -1.63. The Hall–Kier alpha value is -1.85. The Morgan fingerprint density at radius 2 is 1.94 bits per heavy atom. The quantitative estimate of drug-likeness (QED) is 0.749. The average Bonchev–Trinajstić information content (AvgIpc) is 2.63. The van der Waals surface area contributed by atoms with Gasteiger partial charge < -0.3 is 0 Å². The molecule has 0 saturated heterocycles. The molecule has 84 valence electrons. The van der Waals surface area contributed by atoms with E-state index in [-0.39, 0.29) is 0 Å². The standard InChI is InChI=1S/C10H8F3N3/c1-16-8(4-5-15-16)7-2-3-9(14-6-7)10(11,12)13/h2-6H,1H3. The van der Waals surface area contributed by atoms with Crippen LogP contribution >= 0.6 is 0 Å². The molecule has 2 aromatic rings. The van der Waals surface area contributed by atoms with Crippen LogP contribution in [0.4, 0.5) is 13.2 Å². The van der Waals surface area contributed by atoms with Gasteiger partial charge in [-0.2, -0.15) is 18.3 Å². The van der Waals surface area contributed by atoms with Gasteiger partial charge in [0.15, 0.2) is 0 Å². The molecule has 2 heterocycles. The lowest BCUT2D eigenvalue weighted by Gasteiger charge is -2.06. The van der Waals surface area contributed by atoms with Crippen LogP contribution in [0.2, 0.25) is 0 Å². The SMILES string of the molecule is Cn1nccc1-c1ccc(C(F)(F)F)nc1. The molecule has 2 rings (SSSR count). The van der Waals surface area contributed by atoms with Gasteiger partial charge in [-0.15, -0.1) is 0 Å². The van der Waals surface area contributed by atoms with Gasteiger partial charge in [-0.05, 0) is 18.2 Å². The van der Waals surface area contributed by atoms with Gasteiger partial charge in [0.05, 0.1) is 5.69 Å². The fraction of sp³-hybridized carbons (Fsp3) is 0.200. The van der Waals surface area contributed by atoms with Crippen molar-refractivity contribution >= 4 is 0 Å². The fourth-order valence-electron chi connectivity index (χ4n) is 1.37. The minimum absolute atomic E-state index is 0.605. The number of halogens is 3. The number of rotatable bonds is 1. The van der Waals surface area contributed by atoms with Crippen molar-refractivity contribution in [2.24, 2.45) is 7.05 Å². The molecule has 3 nitrogen and oxygen atoms in total. The maximum atomic E-state index is 12.3. The molecule has 16 heavy (non-hydrogen) atoms. The van der Waals surface area contributed by atoms with Crippen LogP contribution in [0.3, 0.4) is 0 Å². The van der Waals surface area contributed by atoms with Crippen molar-refractivity contribution in [1.29, 1.82) is 0 Å². The molecule has 0 saturated carbocycles. The van der Waals surface area contributed by atoms with Crippen LogP contribution in [-0.4, -0.2) is 14.8 Å². The highest BCUT2D eigenvalue weighted by atomic mass is 19.4. The van der Waals surface area contributed by atoms with E-state index in [1.165, 1.54) is 12.3 Å². The van der Waals surface area contributed by atoms with E-state index in [1.54, 1.807) is 24.0 Å². The number of alkyl halides is 3. The predicted molar refractivity (Wildman–Crippen MR) is 51.4 cm³/mol. The van der Waals surface area contributed by atoms with Crippen LogP contribution < -0.4 is 0 Å². The summed E-state index contributed by atoms with van der Waals surface area (Å²) in [5.74, 6) is 0. The molecule has 0 unspecified atom stereocenters. The van der Waals surface area contributed by atoms with E-state index in [0.717, 1.165) is 11.8 Å². The van der Waals surface area contributed by atoms with E-state index < -0.39 is 11.9 Å². The van der Waals surface area contributed by atoms with Crippen molar-refractivity contribution in [3.8, 4) is 11.3 Å². The lowest BCUT2D eigenvalue weighted by Crippen LogP contribution is -2.07. The summed E-state index contributed by atoms with van der Waals surface area (Å²) in [6, 6.07) is 4.06. The molecule has 0 bridgehead atoms. The fourth-order valence-corrected chi connectivity index (χ4v) is 1.37. The lowest BCUT2D eigenvalue weighted by molar-refractivity contribution is -0.141. The van der Waals surface area contributed by atoms with Gasteiger partial charge in [-0.1, -0.05) is 0 Å². The second-order valence-corrected chi connectivity index (χ2v) is 3.27. The van der Waals surface area contributed by atoms with Crippen LogP contribution in [0.15, 0.2) is 30.6 Å². The van der Waals surface area contributed by atoms with E-state index >= 15 is 0 Å². The zero-order valence-corrected chi connectivity index (χ0v) is 8.36. The van der Waals surface area contributed by atoms with Crippen molar-refractivity contribution in [2.45, 2.75) is 6.18 Å². The molecule has 0 amide bonds. The lowest BCUT2D eigenvalue weighted by atomic mass is 10.2. The molecule has 0 aliphatic carbocycles. The van der Waals surface area contributed by atoms with Crippen molar-refractivity contribution in [3.63, 3.8) is 0 Å². The zero-order valence-electron chi connectivity index (χ0n) is 8.36. The van der Waals surface area contributed by atoms with E-state index in [2.05, 4.69) is 10.1 Å². The van der Waals surface area contributed by atoms with Crippen molar-refractivity contribution < 1.29 is 13.2 Å². The highest BCUT2D eigenvalue weighted by molar-refractivity contribution is 5.57. The summed E-state index contributed by atoms with van der Waals surface area (Å²) in [5.41, 5.74) is 0.438. The Balaban J connectivity index is 2.37. The number of aromatic nitrogens is 3. The Morgan fingerprint density at radius 1 is 1.19 bits per heavy atom. The third-order valence-corrected chi connectivity index (χ3v) is 2.17. The number of aryl methyl sites for hydroxylation is 1. The normalized spacial score (nSPS) is 11.8. The Bertz CT molecular complexity index is 485. The Kier molecular flexibility index (Phi) is 2.41. The van der Waals surface area contributed by atoms with E-state index in [0.29, 0.717) is 5.56 Å². The summed E-state index contributed by atoms with van der Waals surface area (Å²) in [7, 11) is 1.72. The van der Waals surface area contributed by atoms with Crippen molar-refractivity contribution in [3.05, 3.63) is 36.3 Å². The molecule has 0 N–H and O–H groups in total. The van der Waals surface area contributed by atoms with Gasteiger partial charge in [0.25, 0.3) is 0 Å². The molecular formula is C10H8F3N3. The molecule has 0 aliphatic heterocycles. The summed E-state index contributed by atoms with van der Waals surface area (Å²) < 4.78 is 38.4. The minimum Gasteiger partial charge on any atom is -0.268 e. The number of hydrogen-bond acceptors (Lipinski definition) is 2. The zero-order chi connectivity index (χ0) is 11.8. The first-order chi connectivity index (χ1) is 7.48. The van der Waals surface area contributed by atoms with Gasteiger partial charge in [0.2, 0.25) is 0 Å². The minimum atomic E-state index is -4.40.